The van der Waals surface area contributed by atoms with Crippen LogP contribution < -0.4 is 0 Å². The molecule has 1 unspecified atom stereocenters. The predicted molar refractivity (Wildman–Crippen MR) is 56.2 cm³/mol. The lowest BCUT2D eigenvalue weighted by Crippen LogP contribution is -2.39. The normalized spacial score (nSPS) is 22.6. The van der Waals surface area contributed by atoms with Crippen molar-refractivity contribution in [3.05, 3.63) is 0 Å². The van der Waals surface area contributed by atoms with Gasteiger partial charge in [0.2, 0.25) is 0 Å². The van der Waals surface area contributed by atoms with Crippen molar-refractivity contribution < 1.29 is 9.53 Å². The van der Waals surface area contributed by atoms with E-state index in [4.69, 9.17) is 4.74 Å². The highest BCUT2D eigenvalue weighted by molar-refractivity contribution is 5.67. The van der Waals surface area contributed by atoms with E-state index in [2.05, 4.69) is 6.92 Å². The summed E-state index contributed by atoms with van der Waals surface area (Å²) in [5.41, 5.74) is 0. The summed E-state index contributed by atoms with van der Waals surface area (Å²) < 4.78 is 5.18. The molecule has 0 aliphatic carbocycles. The van der Waals surface area contributed by atoms with E-state index < -0.39 is 0 Å². The Morgan fingerprint density at radius 2 is 2.29 bits per heavy atom. The van der Waals surface area contributed by atoms with Gasteiger partial charge < -0.3 is 9.64 Å². The Hall–Kier alpha value is -0.730. The highest BCUT2D eigenvalue weighted by Gasteiger charge is 2.21. The average molecular weight is 199 g/mol. The molecule has 0 saturated carbocycles. The van der Waals surface area contributed by atoms with Gasteiger partial charge in [-0.3, -0.25) is 0 Å². The molecule has 0 radical (unpaired) electrons. The van der Waals surface area contributed by atoms with Crippen LogP contribution in [-0.4, -0.2) is 30.7 Å². The molecule has 1 aliphatic rings. The lowest BCUT2D eigenvalue weighted by molar-refractivity contribution is 0.0778. The van der Waals surface area contributed by atoms with Crippen molar-refractivity contribution in [3.63, 3.8) is 0 Å². The number of carbonyl (C=O) groups is 1. The number of likely N-dealkylation sites (tertiary alicyclic amines) is 1. The topological polar surface area (TPSA) is 29.5 Å². The summed E-state index contributed by atoms with van der Waals surface area (Å²) in [5, 5.41) is 0. The fourth-order valence-electron chi connectivity index (χ4n) is 1.68. The van der Waals surface area contributed by atoms with E-state index in [-0.39, 0.29) is 6.09 Å². The Balaban J connectivity index is 2.29. The van der Waals surface area contributed by atoms with E-state index >= 15 is 0 Å². The number of nitrogens with zero attached hydrogens (tertiary/aromatic N) is 1. The minimum atomic E-state index is -0.134. The average Bonchev–Trinajstić information content (AvgIpc) is 2.14. The van der Waals surface area contributed by atoms with Crippen LogP contribution in [0.2, 0.25) is 0 Å². The van der Waals surface area contributed by atoms with E-state index in [0.717, 1.165) is 19.5 Å². The molecular formula is C11H21NO2. The van der Waals surface area contributed by atoms with Crippen molar-refractivity contribution >= 4 is 6.09 Å². The number of amides is 1. The molecule has 1 fully saturated rings. The van der Waals surface area contributed by atoms with Crippen molar-refractivity contribution in [2.75, 3.05) is 19.7 Å². The number of carbonyl (C=O) groups excluding carboxylic acids is 1. The molecule has 0 bridgehead atoms. The maximum atomic E-state index is 11.6. The SMILES string of the molecule is CC(C)COC(=O)N1CCCC(C)C1. The first kappa shape index (κ1) is 11.3. The van der Waals surface area contributed by atoms with Crippen LogP contribution >= 0.6 is 0 Å². The molecule has 0 N–H and O–H groups in total. The molecule has 1 heterocycles. The van der Waals surface area contributed by atoms with E-state index in [0.29, 0.717) is 18.4 Å². The lowest BCUT2D eigenvalue weighted by atomic mass is 10.0. The van der Waals surface area contributed by atoms with Gasteiger partial charge in [0.05, 0.1) is 6.61 Å². The molecule has 1 amide bonds. The molecule has 3 nitrogen and oxygen atoms in total. The van der Waals surface area contributed by atoms with Crippen LogP contribution in [0.15, 0.2) is 0 Å². The summed E-state index contributed by atoms with van der Waals surface area (Å²) in [6.07, 6.45) is 2.21. The van der Waals surface area contributed by atoms with Crippen LogP contribution in [0.5, 0.6) is 0 Å². The molecule has 1 aliphatic heterocycles. The van der Waals surface area contributed by atoms with E-state index in [9.17, 15) is 4.79 Å². The largest absolute Gasteiger partial charge is 0.449 e. The third-order valence-corrected chi connectivity index (χ3v) is 2.46. The summed E-state index contributed by atoms with van der Waals surface area (Å²) in [6.45, 7) is 8.53. The smallest absolute Gasteiger partial charge is 0.409 e. The molecule has 82 valence electrons. The number of rotatable bonds is 2. The minimum absolute atomic E-state index is 0.134. The first-order valence-electron chi connectivity index (χ1n) is 5.51. The van der Waals surface area contributed by atoms with Gasteiger partial charge in [0.15, 0.2) is 0 Å². The molecule has 3 heteroatoms. The van der Waals surface area contributed by atoms with E-state index in [1.54, 1.807) is 0 Å². The Labute approximate surface area is 86.4 Å². The Morgan fingerprint density at radius 1 is 1.57 bits per heavy atom. The number of hydrogen-bond donors (Lipinski definition) is 0. The first-order valence-corrected chi connectivity index (χ1v) is 5.51. The summed E-state index contributed by atoms with van der Waals surface area (Å²) in [4.78, 5) is 13.4. The quantitative estimate of drug-likeness (QED) is 0.684. The standard InChI is InChI=1S/C11H21NO2/c1-9(2)8-14-11(13)12-6-4-5-10(3)7-12/h9-10H,4-8H2,1-3H3. The van der Waals surface area contributed by atoms with Crippen molar-refractivity contribution in [1.29, 1.82) is 0 Å². The highest BCUT2D eigenvalue weighted by Crippen LogP contribution is 2.16. The molecule has 1 saturated heterocycles. The van der Waals surface area contributed by atoms with Gasteiger partial charge in [-0.05, 0) is 24.7 Å². The van der Waals surface area contributed by atoms with Crippen LogP contribution in [0.25, 0.3) is 0 Å². The summed E-state index contributed by atoms with van der Waals surface area (Å²) >= 11 is 0. The third-order valence-electron chi connectivity index (χ3n) is 2.46. The molecule has 0 aromatic heterocycles. The molecule has 0 spiro atoms. The van der Waals surface area contributed by atoms with Gasteiger partial charge in [-0.1, -0.05) is 20.8 Å². The van der Waals surface area contributed by atoms with Gasteiger partial charge in [0, 0.05) is 13.1 Å². The second kappa shape index (κ2) is 5.23. The molecular weight excluding hydrogens is 178 g/mol. The molecule has 0 aromatic rings. The molecule has 14 heavy (non-hydrogen) atoms. The maximum absolute atomic E-state index is 11.6. The molecule has 0 aromatic carbocycles. The van der Waals surface area contributed by atoms with Gasteiger partial charge in [-0.2, -0.15) is 0 Å². The Morgan fingerprint density at radius 3 is 2.86 bits per heavy atom. The second-order valence-electron chi connectivity index (χ2n) is 4.66. The van der Waals surface area contributed by atoms with Gasteiger partial charge in [-0.25, -0.2) is 4.79 Å². The zero-order valence-electron chi connectivity index (χ0n) is 9.45. The van der Waals surface area contributed by atoms with Crippen molar-refractivity contribution in [1.82, 2.24) is 4.90 Å². The fraction of sp³-hybridized carbons (Fsp3) is 0.909. The monoisotopic (exact) mass is 199 g/mol. The number of hydrogen-bond acceptors (Lipinski definition) is 2. The summed E-state index contributed by atoms with van der Waals surface area (Å²) in [5.74, 6) is 1.04. The maximum Gasteiger partial charge on any atom is 0.409 e. The van der Waals surface area contributed by atoms with Gasteiger partial charge in [0.1, 0.15) is 0 Å². The van der Waals surface area contributed by atoms with E-state index in [1.807, 2.05) is 18.7 Å². The number of ether oxygens (including phenoxy) is 1. The third kappa shape index (κ3) is 3.56. The second-order valence-corrected chi connectivity index (χ2v) is 4.66. The zero-order chi connectivity index (χ0) is 10.6. The van der Waals surface area contributed by atoms with Crippen LogP contribution in [-0.2, 0) is 4.74 Å². The van der Waals surface area contributed by atoms with Gasteiger partial charge in [0.25, 0.3) is 0 Å². The zero-order valence-corrected chi connectivity index (χ0v) is 9.45. The van der Waals surface area contributed by atoms with Crippen LogP contribution in [0.4, 0.5) is 4.79 Å². The minimum Gasteiger partial charge on any atom is -0.449 e. The van der Waals surface area contributed by atoms with E-state index in [1.165, 1.54) is 6.42 Å². The van der Waals surface area contributed by atoms with Gasteiger partial charge in [-0.15, -0.1) is 0 Å². The van der Waals surface area contributed by atoms with Crippen LogP contribution in [0.1, 0.15) is 33.6 Å². The number of piperidine rings is 1. The van der Waals surface area contributed by atoms with Crippen molar-refractivity contribution in [2.45, 2.75) is 33.6 Å². The fourth-order valence-corrected chi connectivity index (χ4v) is 1.68. The summed E-state index contributed by atoms with van der Waals surface area (Å²) in [7, 11) is 0. The van der Waals surface area contributed by atoms with Crippen LogP contribution in [0.3, 0.4) is 0 Å². The summed E-state index contributed by atoms with van der Waals surface area (Å²) in [6, 6.07) is 0. The van der Waals surface area contributed by atoms with Crippen molar-refractivity contribution in [2.24, 2.45) is 11.8 Å². The van der Waals surface area contributed by atoms with Crippen molar-refractivity contribution in [3.8, 4) is 0 Å². The Kier molecular flexibility index (Phi) is 4.23. The first-order chi connectivity index (χ1) is 6.59. The van der Waals surface area contributed by atoms with Gasteiger partial charge >= 0.3 is 6.09 Å². The Bertz CT molecular complexity index is 192. The highest BCUT2D eigenvalue weighted by atomic mass is 16.6. The molecule has 1 rings (SSSR count). The lowest BCUT2D eigenvalue weighted by Gasteiger charge is -2.30. The molecule has 1 atom stereocenters. The van der Waals surface area contributed by atoms with Crippen LogP contribution in [0, 0.1) is 11.8 Å². The predicted octanol–water partition coefficient (Wildman–Crippen LogP) is 2.51.